The van der Waals surface area contributed by atoms with Crippen molar-refractivity contribution in [3.63, 3.8) is 0 Å². The Bertz CT molecular complexity index is 215. The molecule has 0 aromatic heterocycles. The third-order valence-electron chi connectivity index (χ3n) is 1.93. The van der Waals surface area contributed by atoms with E-state index in [2.05, 4.69) is 5.32 Å². The average Bonchev–Trinajstić information content (AvgIpc) is 2.47. The number of hydrogen-bond donors (Lipinski definition) is 1. The van der Waals surface area contributed by atoms with Crippen molar-refractivity contribution in [1.82, 2.24) is 10.2 Å². The number of carbonyl (C=O) groups is 2. The Kier molecular flexibility index (Phi) is 3.25. The summed E-state index contributed by atoms with van der Waals surface area (Å²) >= 11 is 0. The highest BCUT2D eigenvalue weighted by Crippen LogP contribution is 2.04. The summed E-state index contributed by atoms with van der Waals surface area (Å²) in [5.41, 5.74) is 0. The van der Waals surface area contributed by atoms with Crippen LogP contribution in [-0.4, -0.2) is 50.1 Å². The number of nitrogens with one attached hydrogen (secondary N) is 1. The van der Waals surface area contributed by atoms with Crippen LogP contribution in [0.15, 0.2) is 0 Å². The van der Waals surface area contributed by atoms with E-state index in [9.17, 15) is 9.59 Å². The molecule has 0 bridgehead atoms. The van der Waals surface area contributed by atoms with Crippen molar-refractivity contribution in [1.29, 1.82) is 0 Å². The number of carbonyl (C=O) groups excluding carboxylic acids is 2. The molecule has 1 N–H and O–H groups in total. The largest absolute Gasteiger partial charge is 0.464 e. The highest BCUT2D eigenvalue weighted by molar-refractivity contribution is 5.81. The van der Waals surface area contributed by atoms with Crippen LogP contribution in [0.1, 0.15) is 6.42 Å². The number of ether oxygens (including phenoxy) is 1. The van der Waals surface area contributed by atoms with E-state index in [-0.39, 0.29) is 24.5 Å². The van der Waals surface area contributed by atoms with Gasteiger partial charge < -0.3 is 9.64 Å². The van der Waals surface area contributed by atoms with Gasteiger partial charge in [-0.2, -0.15) is 0 Å². The van der Waals surface area contributed by atoms with E-state index in [1.807, 2.05) is 0 Å². The summed E-state index contributed by atoms with van der Waals surface area (Å²) in [6.45, 7) is 0.638. The molecule has 0 aromatic rings. The van der Waals surface area contributed by atoms with Gasteiger partial charge >= 0.3 is 5.97 Å². The second-order valence-electron chi connectivity index (χ2n) is 3.18. The summed E-state index contributed by atoms with van der Waals surface area (Å²) in [7, 11) is 3.36. The summed E-state index contributed by atoms with van der Waals surface area (Å²) in [6.07, 6.45) is 0.652. The van der Waals surface area contributed by atoms with Gasteiger partial charge in [-0.1, -0.05) is 0 Å². The van der Waals surface area contributed by atoms with Crippen molar-refractivity contribution in [2.75, 3.05) is 27.2 Å². The number of rotatable bonds is 3. The predicted octanol–water partition coefficient (Wildman–Crippen LogP) is -1.02. The standard InChI is InChI=1S/C8H14N2O3/c1-10(2)7(11)5-9-6-3-4-13-8(6)12/h6,9H,3-5H2,1-2H3. The molecule has 1 aliphatic rings. The van der Waals surface area contributed by atoms with Crippen LogP contribution in [0.2, 0.25) is 0 Å². The Labute approximate surface area is 77.0 Å². The van der Waals surface area contributed by atoms with Gasteiger partial charge in [0.05, 0.1) is 13.2 Å². The first kappa shape index (κ1) is 9.98. The molecule has 1 aliphatic heterocycles. The van der Waals surface area contributed by atoms with E-state index in [1.54, 1.807) is 14.1 Å². The predicted molar refractivity (Wildman–Crippen MR) is 46.1 cm³/mol. The Hall–Kier alpha value is -1.10. The van der Waals surface area contributed by atoms with E-state index in [4.69, 9.17) is 4.74 Å². The van der Waals surface area contributed by atoms with Crippen LogP contribution in [0.4, 0.5) is 0 Å². The molecule has 5 nitrogen and oxygen atoms in total. The minimum Gasteiger partial charge on any atom is -0.464 e. The number of hydrogen-bond acceptors (Lipinski definition) is 4. The maximum absolute atomic E-state index is 11.1. The molecule has 0 spiro atoms. The molecule has 0 radical (unpaired) electrons. The Balaban J connectivity index is 2.26. The zero-order valence-corrected chi connectivity index (χ0v) is 7.87. The lowest BCUT2D eigenvalue weighted by molar-refractivity contribution is -0.139. The van der Waals surface area contributed by atoms with Gasteiger partial charge in [0.15, 0.2) is 0 Å². The summed E-state index contributed by atoms with van der Waals surface area (Å²) in [6, 6.07) is -0.302. The van der Waals surface area contributed by atoms with Crippen molar-refractivity contribution in [3.8, 4) is 0 Å². The molecule has 0 aromatic carbocycles. The molecule has 13 heavy (non-hydrogen) atoms. The average molecular weight is 186 g/mol. The van der Waals surface area contributed by atoms with Gasteiger partial charge in [-0.3, -0.25) is 14.9 Å². The minimum atomic E-state index is -0.302. The molecule has 1 unspecified atom stereocenters. The van der Waals surface area contributed by atoms with Gasteiger partial charge in [0.25, 0.3) is 0 Å². The van der Waals surface area contributed by atoms with Gasteiger partial charge in [0, 0.05) is 20.5 Å². The first-order valence-electron chi connectivity index (χ1n) is 4.21. The summed E-state index contributed by atoms with van der Waals surface area (Å²) in [4.78, 5) is 23.5. The SMILES string of the molecule is CN(C)C(=O)CNC1CCOC1=O. The number of amides is 1. The molecular formula is C8H14N2O3. The lowest BCUT2D eigenvalue weighted by Gasteiger charge is -2.12. The number of esters is 1. The summed E-state index contributed by atoms with van der Waals surface area (Å²) in [5, 5.41) is 2.85. The Morgan fingerprint density at radius 2 is 2.38 bits per heavy atom. The lowest BCUT2D eigenvalue weighted by Crippen LogP contribution is -2.40. The van der Waals surface area contributed by atoms with Crippen molar-refractivity contribution in [3.05, 3.63) is 0 Å². The van der Waals surface area contributed by atoms with Gasteiger partial charge in [0.2, 0.25) is 5.91 Å². The zero-order valence-electron chi connectivity index (χ0n) is 7.87. The van der Waals surface area contributed by atoms with Crippen molar-refractivity contribution < 1.29 is 14.3 Å². The van der Waals surface area contributed by atoms with Crippen molar-refractivity contribution in [2.45, 2.75) is 12.5 Å². The number of cyclic esters (lactones) is 1. The molecule has 1 fully saturated rings. The first-order valence-corrected chi connectivity index (χ1v) is 4.21. The fourth-order valence-corrected chi connectivity index (χ4v) is 1.05. The van der Waals surface area contributed by atoms with Gasteiger partial charge in [0.1, 0.15) is 6.04 Å². The summed E-state index contributed by atoms with van der Waals surface area (Å²) < 4.78 is 4.73. The quantitative estimate of drug-likeness (QED) is 0.573. The molecule has 1 saturated heterocycles. The molecule has 5 heteroatoms. The zero-order chi connectivity index (χ0) is 9.84. The monoisotopic (exact) mass is 186 g/mol. The van der Waals surface area contributed by atoms with Crippen LogP contribution < -0.4 is 5.32 Å². The first-order chi connectivity index (χ1) is 6.11. The highest BCUT2D eigenvalue weighted by Gasteiger charge is 2.26. The molecule has 0 saturated carbocycles. The van der Waals surface area contributed by atoms with Gasteiger partial charge in [-0.25, -0.2) is 0 Å². The highest BCUT2D eigenvalue weighted by atomic mass is 16.5. The van der Waals surface area contributed by atoms with Gasteiger partial charge in [-0.05, 0) is 0 Å². The third-order valence-corrected chi connectivity index (χ3v) is 1.93. The maximum atomic E-state index is 11.1. The van der Waals surface area contributed by atoms with Crippen molar-refractivity contribution in [2.24, 2.45) is 0 Å². The Morgan fingerprint density at radius 1 is 1.69 bits per heavy atom. The molecule has 1 heterocycles. The summed E-state index contributed by atoms with van der Waals surface area (Å²) in [5.74, 6) is -0.300. The number of likely N-dealkylation sites (N-methyl/N-ethyl adjacent to an activating group) is 1. The van der Waals surface area contributed by atoms with Crippen LogP contribution in [0, 0.1) is 0 Å². The normalized spacial score (nSPS) is 21.4. The molecule has 1 rings (SSSR count). The van der Waals surface area contributed by atoms with Crippen LogP contribution in [-0.2, 0) is 14.3 Å². The lowest BCUT2D eigenvalue weighted by atomic mass is 10.2. The van der Waals surface area contributed by atoms with E-state index in [0.717, 1.165) is 0 Å². The number of nitrogens with zero attached hydrogens (tertiary/aromatic N) is 1. The van der Waals surface area contributed by atoms with Crippen molar-refractivity contribution >= 4 is 11.9 Å². The third kappa shape index (κ3) is 2.69. The molecular weight excluding hydrogens is 172 g/mol. The fourth-order valence-electron chi connectivity index (χ4n) is 1.05. The molecule has 74 valence electrons. The maximum Gasteiger partial charge on any atom is 0.323 e. The van der Waals surface area contributed by atoms with E-state index < -0.39 is 0 Å². The minimum absolute atomic E-state index is 0.0419. The smallest absolute Gasteiger partial charge is 0.323 e. The molecule has 1 atom stereocenters. The Morgan fingerprint density at radius 3 is 2.85 bits per heavy atom. The van der Waals surface area contributed by atoms with Crippen LogP contribution in [0.25, 0.3) is 0 Å². The topological polar surface area (TPSA) is 58.6 Å². The van der Waals surface area contributed by atoms with E-state index in [1.165, 1.54) is 4.90 Å². The fraction of sp³-hybridized carbons (Fsp3) is 0.750. The van der Waals surface area contributed by atoms with Crippen LogP contribution in [0.5, 0.6) is 0 Å². The van der Waals surface area contributed by atoms with E-state index >= 15 is 0 Å². The van der Waals surface area contributed by atoms with Crippen LogP contribution >= 0.6 is 0 Å². The van der Waals surface area contributed by atoms with E-state index in [0.29, 0.717) is 13.0 Å². The second kappa shape index (κ2) is 4.23. The molecule has 1 amide bonds. The van der Waals surface area contributed by atoms with Gasteiger partial charge in [-0.15, -0.1) is 0 Å². The van der Waals surface area contributed by atoms with Crippen LogP contribution in [0.3, 0.4) is 0 Å². The second-order valence-corrected chi connectivity index (χ2v) is 3.18. The molecule has 0 aliphatic carbocycles.